The minimum Gasteiger partial charge on any atom is -0.480 e. The summed E-state index contributed by atoms with van der Waals surface area (Å²) in [5.41, 5.74) is 5.97. The molecule has 16 heavy (non-hydrogen) atoms. The molecule has 0 radical (unpaired) electrons. The van der Waals surface area contributed by atoms with Gasteiger partial charge in [-0.05, 0) is 33.6 Å². The molecular formula is C10H11BrFNO3. The molecule has 0 spiro atoms. The molecule has 0 aliphatic carbocycles. The van der Waals surface area contributed by atoms with Crippen LogP contribution in [0.4, 0.5) is 4.39 Å². The minimum absolute atomic E-state index is 0.0612. The van der Waals surface area contributed by atoms with E-state index in [-0.39, 0.29) is 16.6 Å². The van der Waals surface area contributed by atoms with Gasteiger partial charge < -0.3 is 15.6 Å². The third-order valence-corrected chi connectivity index (χ3v) is 2.61. The maximum Gasteiger partial charge on any atom is 0.325 e. The van der Waals surface area contributed by atoms with Gasteiger partial charge in [0.15, 0.2) is 0 Å². The summed E-state index contributed by atoms with van der Waals surface area (Å²) in [5.74, 6) is -1.94. The molecule has 1 aromatic carbocycles. The highest BCUT2D eigenvalue weighted by Gasteiger charge is 2.20. The van der Waals surface area contributed by atoms with Gasteiger partial charge in [0.25, 0.3) is 0 Å². The maximum atomic E-state index is 13.6. The molecule has 0 aliphatic rings. The standard InChI is InChI=1S/C10H11BrFNO3/c1-16-4-5-2-6(9(13)10(14)15)8(12)7(11)3-5/h2-3,9H,4,13H2,1H3,(H,14,15). The van der Waals surface area contributed by atoms with Crippen molar-refractivity contribution in [2.45, 2.75) is 12.6 Å². The van der Waals surface area contributed by atoms with E-state index < -0.39 is 17.8 Å². The van der Waals surface area contributed by atoms with Crippen LogP contribution < -0.4 is 5.73 Å². The summed E-state index contributed by atoms with van der Waals surface area (Å²) >= 11 is 3.01. The first-order valence-electron chi connectivity index (χ1n) is 4.42. The number of hydrogen-bond acceptors (Lipinski definition) is 3. The molecule has 1 unspecified atom stereocenters. The van der Waals surface area contributed by atoms with Gasteiger partial charge in [-0.1, -0.05) is 0 Å². The number of aliphatic carboxylic acids is 1. The van der Waals surface area contributed by atoms with Gasteiger partial charge in [0.2, 0.25) is 0 Å². The Kier molecular flexibility index (Phi) is 4.40. The Bertz CT molecular complexity index is 411. The van der Waals surface area contributed by atoms with E-state index in [4.69, 9.17) is 15.6 Å². The fourth-order valence-electron chi connectivity index (χ4n) is 1.28. The molecule has 1 atom stereocenters. The molecule has 4 nitrogen and oxygen atoms in total. The van der Waals surface area contributed by atoms with Crippen LogP contribution in [0.15, 0.2) is 16.6 Å². The third kappa shape index (κ3) is 2.78. The van der Waals surface area contributed by atoms with Gasteiger partial charge in [0.05, 0.1) is 11.1 Å². The Morgan fingerprint density at radius 1 is 1.69 bits per heavy atom. The van der Waals surface area contributed by atoms with Crippen molar-refractivity contribution in [3.8, 4) is 0 Å². The highest BCUT2D eigenvalue weighted by molar-refractivity contribution is 9.10. The largest absolute Gasteiger partial charge is 0.480 e. The van der Waals surface area contributed by atoms with Gasteiger partial charge in [-0.15, -0.1) is 0 Å². The summed E-state index contributed by atoms with van der Waals surface area (Å²) in [6.07, 6.45) is 0. The number of ether oxygens (including phenoxy) is 1. The van der Waals surface area contributed by atoms with Crippen LogP contribution in [0.5, 0.6) is 0 Å². The number of carboxylic acids is 1. The van der Waals surface area contributed by atoms with Crippen LogP contribution in [0, 0.1) is 5.82 Å². The van der Waals surface area contributed by atoms with Gasteiger partial charge in [0.1, 0.15) is 11.9 Å². The lowest BCUT2D eigenvalue weighted by atomic mass is 10.0. The lowest BCUT2D eigenvalue weighted by molar-refractivity contribution is -0.138. The van der Waals surface area contributed by atoms with Crippen LogP contribution in [0.3, 0.4) is 0 Å². The zero-order chi connectivity index (χ0) is 12.3. The Morgan fingerprint density at radius 3 is 2.81 bits per heavy atom. The van der Waals surface area contributed by atoms with Crippen molar-refractivity contribution >= 4 is 21.9 Å². The van der Waals surface area contributed by atoms with E-state index in [0.29, 0.717) is 5.56 Å². The predicted octanol–water partition coefficient (Wildman–Crippen LogP) is 1.82. The Labute approximate surface area is 100 Å². The molecule has 88 valence electrons. The third-order valence-electron chi connectivity index (χ3n) is 2.03. The van der Waals surface area contributed by atoms with Crippen molar-refractivity contribution in [2.75, 3.05) is 7.11 Å². The van der Waals surface area contributed by atoms with E-state index in [1.165, 1.54) is 19.2 Å². The summed E-state index contributed by atoms with van der Waals surface area (Å²) in [5, 5.41) is 8.73. The summed E-state index contributed by atoms with van der Waals surface area (Å²) in [6.45, 7) is 0.262. The Hall–Kier alpha value is -0.980. The quantitative estimate of drug-likeness (QED) is 0.888. The average molecular weight is 292 g/mol. The lowest BCUT2D eigenvalue weighted by Gasteiger charge is -2.11. The molecule has 6 heteroatoms. The fraction of sp³-hybridized carbons (Fsp3) is 0.300. The van der Waals surface area contributed by atoms with E-state index in [1.54, 1.807) is 0 Å². The summed E-state index contributed by atoms with van der Waals surface area (Å²) in [6, 6.07) is 1.53. The first-order valence-corrected chi connectivity index (χ1v) is 5.21. The first kappa shape index (κ1) is 13.1. The molecule has 0 aliphatic heterocycles. The van der Waals surface area contributed by atoms with Gasteiger partial charge in [0, 0.05) is 12.7 Å². The van der Waals surface area contributed by atoms with Crippen molar-refractivity contribution < 1.29 is 19.0 Å². The zero-order valence-corrected chi connectivity index (χ0v) is 10.1. The average Bonchev–Trinajstić information content (AvgIpc) is 2.22. The highest BCUT2D eigenvalue weighted by Crippen LogP contribution is 2.25. The number of carboxylic acid groups (broad SMARTS) is 1. The van der Waals surface area contributed by atoms with Crippen LogP contribution in [-0.2, 0) is 16.1 Å². The summed E-state index contributed by atoms with van der Waals surface area (Å²) < 4.78 is 18.7. The minimum atomic E-state index is -1.38. The van der Waals surface area contributed by atoms with Crippen molar-refractivity contribution in [3.63, 3.8) is 0 Å². The smallest absolute Gasteiger partial charge is 0.325 e. The van der Waals surface area contributed by atoms with Crippen LogP contribution in [0.1, 0.15) is 17.2 Å². The van der Waals surface area contributed by atoms with Crippen LogP contribution in [-0.4, -0.2) is 18.2 Å². The first-order chi connectivity index (χ1) is 7.47. The molecule has 0 fully saturated rings. The topological polar surface area (TPSA) is 72.5 Å². The molecule has 1 aromatic rings. The monoisotopic (exact) mass is 291 g/mol. The molecule has 0 heterocycles. The summed E-state index contributed by atoms with van der Waals surface area (Å²) in [7, 11) is 1.49. The second kappa shape index (κ2) is 5.38. The van der Waals surface area contributed by atoms with Crippen molar-refractivity contribution in [1.29, 1.82) is 0 Å². The zero-order valence-electron chi connectivity index (χ0n) is 8.54. The molecule has 0 amide bonds. The van der Waals surface area contributed by atoms with Crippen LogP contribution in [0.25, 0.3) is 0 Å². The number of methoxy groups -OCH3 is 1. The van der Waals surface area contributed by atoms with Crippen LogP contribution in [0.2, 0.25) is 0 Å². The number of hydrogen-bond donors (Lipinski definition) is 2. The second-order valence-electron chi connectivity index (χ2n) is 3.23. The SMILES string of the molecule is COCc1cc(Br)c(F)c(C(N)C(=O)O)c1. The second-order valence-corrected chi connectivity index (χ2v) is 4.08. The van der Waals surface area contributed by atoms with Crippen molar-refractivity contribution in [2.24, 2.45) is 5.73 Å². The molecule has 3 N–H and O–H groups in total. The maximum absolute atomic E-state index is 13.6. The molecule has 1 rings (SSSR count). The normalized spacial score (nSPS) is 12.5. The molecular weight excluding hydrogens is 281 g/mol. The molecule has 0 saturated carbocycles. The van der Waals surface area contributed by atoms with Gasteiger partial charge in [-0.3, -0.25) is 4.79 Å². The van der Waals surface area contributed by atoms with Crippen molar-refractivity contribution in [3.05, 3.63) is 33.5 Å². The van der Waals surface area contributed by atoms with Crippen molar-refractivity contribution in [1.82, 2.24) is 0 Å². The van der Waals surface area contributed by atoms with Gasteiger partial charge in [-0.2, -0.15) is 0 Å². The summed E-state index contributed by atoms with van der Waals surface area (Å²) in [4.78, 5) is 10.7. The Balaban J connectivity index is 3.20. The van der Waals surface area contributed by atoms with E-state index in [0.717, 1.165) is 0 Å². The van der Waals surface area contributed by atoms with E-state index in [2.05, 4.69) is 15.9 Å². The number of halogens is 2. The number of rotatable bonds is 4. The van der Waals surface area contributed by atoms with Crippen LogP contribution >= 0.6 is 15.9 Å². The van der Waals surface area contributed by atoms with E-state index in [1.807, 2.05) is 0 Å². The predicted molar refractivity (Wildman–Crippen MR) is 59.4 cm³/mol. The van der Waals surface area contributed by atoms with Gasteiger partial charge >= 0.3 is 5.97 Å². The van der Waals surface area contributed by atoms with E-state index in [9.17, 15) is 9.18 Å². The number of carbonyl (C=O) groups is 1. The fourth-order valence-corrected chi connectivity index (χ4v) is 1.80. The highest BCUT2D eigenvalue weighted by atomic mass is 79.9. The molecule has 0 saturated heterocycles. The number of nitrogens with two attached hydrogens (primary N) is 1. The van der Waals surface area contributed by atoms with Gasteiger partial charge in [-0.25, -0.2) is 4.39 Å². The molecule has 0 aromatic heterocycles. The Morgan fingerprint density at radius 2 is 2.31 bits per heavy atom. The molecule has 0 bridgehead atoms. The van der Waals surface area contributed by atoms with E-state index >= 15 is 0 Å². The lowest BCUT2D eigenvalue weighted by Crippen LogP contribution is -2.22. The number of benzene rings is 1.